The number of nitrogens with zero attached hydrogens (tertiary/aromatic N) is 1. The van der Waals surface area contributed by atoms with Gasteiger partial charge in [-0.25, -0.2) is 4.39 Å². The molecule has 172 valence electrons. The van der Waals surface area contributed by atoms with Crippen LogP contribution < -0.4 is 5.32 Å². The smallest absolute Gasteiger partial charge is 0.255 e. The Balaban J connectivity index is 1.53. The fourth-order valence-electron chi connectivity index (χ4n) is 4.35. The molecule has 0 bridgehead atoms. The minimum atomic E-state index is -0.682. The first kappa shape index (κ1) is 22.2. The van der Waals surface area contributed by atoms with Crippen LogP contribution in [0.3, 0.4) is 0 Å². The normalized spacial score (nSPS) is 15.1. The molecule has 4 aromatic carbocycles. The second-order valence-electron chi connectivity index (χ2n) is 8.30. The van der Waals surface area contributed by atoms with Crippen LogP contribution in [0.25, 0.3) is 0 Å². The number of rotatable bonds is 4. The van der Waals surface area contributed by atoms with Crippen LogP contribution in [0.15, 0.2) is 103 Å². The lowest BCUT2D eigenvalue weighted by Gasteiger charge is -2.30. The molecule has 1 aliphatic rings. The van der Waals surface area contributed by atoms with Gasteiger partial charge in [0.2, 0.25) is 5.91 Å². The molecule has 0 aromatic heterocycles. The predicted molar refractivity (Wildman–Crippen MR) is 131 cm³/mol. The molecule has 5 nitrogen and oxygen atoms in total. The highest BCUT2D eigenvalue weighted by Gasteiger charge is 2.34. The van der Waals surface area contributed by atoms with Crippen molar-refractivity contribution in [1.82, 2.24) is 4.90 Å². The van der Waals surface area contributed by atoms with Crippen molar-refractivity contribution < 1.29 is 18.8 Å². The van der Waals surface area contributed by atoms with Crippen LogP contribution in [0.5, 0.6) is 0 Å². The van der Waals surface area contributed by atoms with E-state index < -0.39 is 17.8 Å². The monoisotopic (exact) mass is 464 g/mol. The van der Waals surface area contributed by atoms with Crippen molar-refractivity contribution in [3.8, 4) is 0 Å². The molecule has 4 aromatic rings. The zero-order valence-corrected chi connectivity index (χ0v) is 18.6. The topological polar surface area (TPSA) is 66.5 Å². The number of benzene rings is 4. The maximum Gasteiger partial charge on any atom is 0.255 e. The highest BCUT2D eigenvalue weighted by molar-refractivity contribution is 6.09. The van der Waals surface area contributed by atoms with Crippen molar-refractivity contribution in [1.29, 1.82) is 0 Å². The Bertz CT molecular complexity index is 1400. The number of hydrogen-bond acceptors (Lipinski definition) is 3. The Hall–Kier alpha value is -4.58. The summed E-state index contributed by atoms with van der Waals surface area (Å²) in [4.78, 5) is 40.6. The molecule has 1 unspecified atom stereocenters. The molecule has 5 rings (SSSR count). The quantitative estimate of drug-likeness (QED) is 0.420. The van der Waals surface area contributed by atoms with Gasteiger partial charge in [-0.3, -0.25) is 14.4 Å². The highest BCUT2D eigenvalue weighted by atomic mass is 19.1. The number of nitrogens with one attached hydrogen (secondary N) is 1. The first-order valence-corrected chi connectivity index (χ1v) is 11.2. The highest BCUT2D eigenvalue weighted by Crippen LogP contribution is 2.37. The van der Waals surface area contributed by atoms with E-state index in [1.54, 1.807) is 48.5 Å². The van der Waals surface area contributed by atoms with Gasteiger partial charge in [0.05, 0.1) is 6.04 Å². The number of anilines is 1. The molecule has 1 atom stereocenters. The average molecular weight is 464 g/mol. The Labute approximate surface area is 201 Å². The van der Waals surface area contributed by atoms with Crippen LogP contribution in [0.4, 0.5) is 10.1 Å². The molecule has 1 aliphatic heterocycles. The molecule has 0 fully saturated rings. The molecular weight excluding hydrogens is 443 g/mol. The first-order valence-electron chi connectivity index (χ1n) is 11.2. The van der Waals surface area contributed by atoms with E-state index in [2.05, 4.69) is 5.32 Å². The molecule has 0 aliphatic carbocycles. The fraction of sp³-hybridized carbons (Fsp3) is 0.0690. The van der Waals surface area contributed by atoms with Gasteiger partial charge in [-0.1, -0.05) is 72.8 Å². The maximum absolute atomic E-state index is 14.3. The summed E-state index contributed by atoms with van der Waals surface area (Å²) in [6, 6.07) is 27.9. The summed E-state index contributed by atoms with van der Waals surface area (Å²) in [7, 11) is 0. The molecule has 0 spiro atoms. The third-order valence-corrected chi connectivity index (χ3v) is 6.01. The Morgan fingerprint density at radius 1 is 0.771 bits per heavy atom. The molecule has 0 saturated carbocycles. The summed E-state index contributed by atoms with van der Waals surface area (Å²) < 4.78 is 14.3. The van der Waals surface area contributed by atoms with Crippen molar-refractivity contribution >= 4 is 23.3 Å². The van der Waals surface area contributed by atoms with Crippen molar-refractivity contribution in [2.45, 2.75) is 6.04 Å². The Morgan fingerprint density at radius 2 is 1.37 bits per heavy atom. The van der Waals surface area contributed by atoms with Crippen LogP contribution in [-0.4, -0.2) is 29.0 Å². The third kappa shape index (κ3) is 4.46. The van der Waals surface area contributed by atoms with Gasteiger partial charge in [-0.15, -0.1) is 0 Å². The second-order valence-corrected chi connectivity index (χ2v) is 8.30. The molecule has 1 N–H and O–H groups in total. The van der Waals surface area contributed by atoms with Crippen LogP contribution >= 0.6 is 0 Å². The molecular formula is C29H21FN2O3. The molecule has 0 saturated heterocycles. The number of carbonyl (C=O) groups excluding carboxylic acids is 3. The van der Waals surface area contributed by atoms with Crippen LogP contribution in [-0.2, 0) is 4.79 Å². The molecule has 2 amide bonds. The summed E-state index contributed by atoms with van der Waals surface area (Å²) in [6.45, 7) is -0.209. The number of halogens is 1. The van der Waals surface area contributed by atoms with E-state index in [0.717, 1.165) is 5.56 Å². The lowest BCUT2D eigenvalue weighted by molar-refractivity contribution is -0.117. The van der Waals surface area contributed by atoms with Gasteiger partial charge in [-0.2, -0.15) is 0 Å². The zero-order chi connectivity index (χ0) is 24.4. The van der Waals surface area contributed by atoms with E-state index in [0.29, 0.717) is 27.9 Å². The van der Waals surface area contributed by atoms with E-state index in [4.69, 9.17) is 0 Å². The van der Waals surface area contributed by atoms with Crippen LogP contribution in [0.1, 0.15) is 43.4 Å². The SMILES string of the molecule is O=C1CN(C(=O)c2ccc(C(=O)c3ccccc3)cc2)C(c2ccccc2)c2cc(F)ccc2N1. The Morgan fingerprint density at radius 3 is 2.06 bits per heavy atom. The number of carbonyl (C=O) groups is 3. The Kier molecular flexibility index (Phi) is 5.94. The summed E-state index contributed by atoms with van der Waals surface area (Å²) in [6.07, 6.45) is 0. The van der Waals surface area contributed by atoms with E-state index in [1.165, 1.54) is 23.1 Å². The number of fused-ring (bicyclic) bond motifs is 1. The van der Waals surface area contributed by atoms with Gasteiger partial charge >= 0.3 is 0 Å². The average Bonchev–Trinajstić information content (AvgIpc) is 3.04. The third-order valence-electron chi connectivity index (χ3n) is 6.01. The second kappa shape index (κ2) is 9.35. The van der Waals surface area contributed by atoms with Gasteiger partial charge in [-0.05, 0) is 35.9 Å². The minimum Gasteiger partial charge on any atom is -0.324 e. The molecule has 0 radical (unpaired) electrons. The standard InChI is InChI=1S/C29H21FN2O3/c30-23-15-16-25-24(17-23)27(19-7-3-1-4-8-19)32(18-26(33)31-25)29(35)22-13-11-21(12-14-22)28(34)20-9-5-2-6-10-20/h1-17,27H,18H2,(H,31,33). The largest absolute Gasteiger partial charge is 0.324 e. The first-order chi connectivity index (χ1) is 17.0. The minimum absolute atomic E-state index is 0.148. The van der Waals surface area contributed by atoms with E-state index >= 15 is 0 Å². The predicted octanol–water partition coefficient (Wildman–Crippen LogP) is 5.24. The van der Waals surface area contributed by atoms with Gasteiger partial charge in [0.1, 0.15) is 12.4 Å². The number of hydrogen-bond donors (Lipinski definition) is 1. The summed E-state index contributed by atoms with van der Waals surface area (Å²) >= 11 is 0. The van der Waals surface area contributed by atoms with E-state index in [-0.39, 0.29) is 18.2 Å². The van der Waals surface area contributed by atoms with Crippen LogP contribution in [0.2, 0.25) is 0 Å². The van der Waals surface area contributed by atoms with E-state index in [9.17, 15) is 18.8 Å². The molecule has 1 heterocycles. The maximum atomic E-state index is 14.3. The summed E-state index contributed by atoms with van der Waals surface area (Å²) in [5.41, 5.74) is 3.03. The van der Waals surface area contributed by atoms with Gasteiger partial charge in [0.15, 0.2) is 5.78 Å². The summed E-state index contributed by atoms with van der Waals surface area (Å²) in [5.74, 6) is -1.38. The van der Waals surface area contributed by atoms with Crippen LogP contribution in [0, 0.1) is 5.82 Å². The fourth-order valence-corrected chi connectivity index (χ4v) is 4.35. The lowest BCUT2D eigenvalue weighted by Crippen LogP contribution is -2.39. The van der Waals surface area contributed by atoms with Gasteiger partial charge in [0, 0.05) is 27.9 Å². The molecule has 6 heteroatoms. The zero-order valence-electron chi connectivity index (χ0n) is 18.6. The number of ketones is 1. The van der Waals surface area contributed by atoms with E-state index in [1.807, 2.05) is 36.4 Å². The number of amides is 2. The van der Waals surface area contributed by atoms with Crippen molar-refractivity contribution in [3.05, 3.63) is 137 Å². The molecule has 35 heavy (non-hydrogen) atoms. The van der Waals surface area contributed by atoms with Gasteiger partial charge < -0.3 is 10.2 Å². The lowest BCUT2D eigenvalue weighted by atomic mass is 9.95. The van der Waals surface area contributed by atoms with Crippen molar-refractivity contribution in [2.75, 3.05) is 11.9 Å². The van der Waals surface area contributed by atoms with Crippen molar-refractivity contribution in [3.63, 3.8) is 0 Å². The van der Waals surface area contributed by atoms with Crippen molar-refractivity contribution in [2.24, 2.45) is 0 Å². The van der Waals surface area contributed by atoms with Gasteiger partial charge in [0.25, 0.3) is 5.91 Å². The summed E-state index contributed by atoms with van der Waals surface area (Å²) in [5, 5.41) is 2.78.